The average Bonchev–Trinajstić information content (AvgIpc) is 3.32. The van der Waals surface area contributed by atoms with Crippen molar-refractivity contribution < 1.29 is 4.74 Å². The number of benzene rings is 1. The van der Waals surface area contributed by atoms with Crippen molar-refractivity contribution in [3.8, 4) is 5.75 Å². The number of para-hydroxylation sites is 1. The van der Waals surface area contributed by atoms with E-state index < -0.39 is 0 Å². The summed E-state index contributed by atoms with van der Waals surface area (Å²) in [6.07, 6.45) is 3.38. The molecule has 0 atom stereocenters. The Morgan fingerprint density at radius 3 is 2.67 bits per heavy atom. The molecule has 0 spiro atoms. The van der Waals surface area contributed by atoms with Crippen molar-refractivity contribution in [2.75, 3.05) is 43.1 Å². The van der Waals surface area contributed by atoms with Gasteiger partial charge in [-0.1, -0.05) is 17.4 Å². The molecule has 138 valence electrons. The SMILES string of the molecule is COc1cccc2sc(N3CCN(c4ncnc5ncn(C)c45)CC3)nc12. The van der Waals surface area contributed by atoms with E-state index in [1.165, 1.54) is 0 Å². The highest BCUT2D eigenvalue weighted by molar-refractivity contribution is 7.22. The predicted molar refractivity (Wildman–Crippen MR) is 107 cm³/mol. The molecule has 1 aromatic carbocycles. The summed E-state index contributed by atoms with van der Waals surface area (Å²) in [6, 6.07) is 6.06. The van der Waals surface area contributed by atoms with E-state index in [1.54, 1.807) is 31.1 Å². The van der Waals surface area contributed by atoms with Crippen molar-refractivity contribution in [2.24, 2.45) is 7.05 Å². The van der Waals surface area contributed by atoms with Crippen LogP contribution >= 0.6 is 11.3 Å². The maximum absolute atomic E-state index is 5.44. The van der Waals surface area contributed by atoms with Gasteiger partial charge in [0.1, 0.15) is 23.1 Å². The Morgan fingerprint density at radius 1 is 1.04 bits per heavy atom. The van der Waals surface area contributed by atoms with Crippen LogP contribution in [0.15, 0.2) is 30.9 Å². The molecule has 8 nitrogen and oxygen atoms in total. The van der Waals surface area contributed by atoms with Crippen molar-refractivity contribution in [1.82, 2.24) is 24.5 Å². The molecule has 27 heavy (non-hydrogen) atoms. The van der Waals surface area contributed by atoms with Gasteiger partial charge in [0.2, 0.25) is 0 Å². The van der Waals surface area contributed by atoms with E-state index in [0.717, 1.165) is 64.3 Å². The molecule has 5 rings (SSSR count). The van der Waals surface area contributed by atoms with Crippen LogP contribution in [0.3, 0.4) is 0 Å². The molecule has 1 aliphatic heterocycles. The Bertz CT molecular complexity index is 1110. The van der Waals surface area contributed by atoms with Crippen molar-refractivity contribution in [1.29, 1.82) is 0 Å². The highest BCUT2D eigenvalue weighted by atomic mass is 32.1. The van der Waals surface area contributed by atoms with E-state index in [2.05, 4.69) is 30.8 Å². The van der Waals surface area contributed by atoms with E-state index in [-0.39, 0.29) is 0 Å². The standard InChI is InChI=1S/C18H19N7OS/c1-23-11-21-16-15(23)17(20-10-19-16)24-6-8-25(9-7-24)18-22-14-12(26-2)4-3-5-13(14)27-18/h3-5,10-11H,6-9H2,1-2H3. The van der Waals surface area contributed by atoms with Gasteiger partial charge in [-0.2, -0.15) is 0 Å². The summed E-state index contributed by atoms with van der Waals surface area (Å²) in [7, 11) is 3.67. The van der Waals surface area contributed by atoms with E-state index >= 15 is 0 Å². The van der Waals surface area contributed by atoms with E-state index in [9.17, 15) is 0 Å². The second-order valence-electron chi connectivity index (χ2n) is 6.50. The summed E-state index contributed by atoms with van der Waals surface area (Å²) in [5.74, 6) is 1.78. The van der Waals surface area contributed by atoms with Gasteiger partial charge in [0, 0.05) is 33.2 Å². The molecule has 4 aromatic rings. The summed E-state index contributed by atoms with van der Waals surface area (Å²) in [5, 5.41) is 1.04. The molecular formula is C18H19N7OS. The van der Waals surface area contributed by atoms with Crippen LogP contribution in [-0.2, 0) is 7.05 Å². The van der Waals surface area contributed by atoms with E-state index in [0.29, 0.717) is 0 Å². The minimum atomic E-state index is 0.739. The van der Waals surface area contributed by atoms with Gasteiger partial charge in [-0.05, 0) is 12.1 Å². The average molecular weight is 381 g/mol. The lowest BCUT2D eigenvalue weighted by atomic mass is 10.3. The Hall–Kier alpha value is -2.94. The summed E-state index contributed by atoms with van der Waals surface area (Å²) >= 11 is 1.71. The number of rotatable bonds is 3. The molecule has 1 saturated heterocycles. The Morgan fingerprint density at radius 2 is 1.85 bits per heavy atom. The fourth-order valence-electron chi connectivity index (χ4n) is 3.52. The maximum Gasteiger partial charge on any atom is 0.186 e. The zero-order chi connectivity index (χ0) is 18.4. The van der Waals surface area contributed by atoms with Crippen molar-refractivity contribution in [2.45, 2.75) is 0 Å². The normalized spacial score (nSPS) is 15.0. The maximum atomic E-state index is 5.44. The lowest BCUT2D eigenvalue weighted by molar-refractivity contribution is 0.419. The van der Waals surface area contributed by atoms with Gasteiger partial charge in [0.15, 0.2) is 16.6 Å². The molecule has 3 aromatic heterocycles. The quantitative estimate of drug-likeness (QED) is 0.539. The minimum Gasteiger partial charge on any atom is -0.494 e. The van der Waals surface area contributed by atoms with Gasteiger partial charge < -0.3 is 19.1 Å². The summed E-state index contributed by atoms with van der Waals surface area (Å²) in [6.45, 7) is 3.55. The summed E-state index contributed by atoms with van der Waals surface area (Å²) in [5.41, 5.74) is 2.66. The van der Waals surface area contributed by atoms with Gasteiger partial charge in [-0.25, -0.2) is 19.9 Å². The molecular weight excluding hydrogens is 362 g/mol. The van der Waals surface area contributed by atoms with Gasteiger partial charge in [-0.3, -0.25) is 0 Å². The molecule has 0 amide bonds. The molecule has 0 unspecified atom stereocenters. The fraction of sp³-hybridized carbons (Fsp3) is 0.333. The van der Waals surface area contributed by atoms with Gasteiger partial charge >= 0.3 is 0 Å². The van der Waals surface area contributed by atoms with Crippen LogP contribution in [-0.4, -0.2) is 57.8 Å². The number of hydrogen-bond donors (Lipinski definition) is 0. The molecule has 1 fully saturated rings. The molecule has 9 heteroatoms. The van der Waals surface area contributed by atoms with Crippen LogP contribution < -0.4 is 14.5 Å². The lowest BCUT2D eigenvalue weighted by Crippen LogP contribution is -2.47. The number of aromatic nitrogens is 5. The molecule has 0 bridgehead atoms. The molecule has 1 aliphatic rings. The molecule has 0 radical (unpaired) electrons. The van der Waals surface area contributed by atoms with Crippen LogP contribution in [0.5, 0.6) is 5.75 Å². The van der Waals surface area contributed by atoms with Crippen LogP contribution in [0.2, 0.25) is 0 Å². The summed E-state index contributed by atoms with van der Waals surface area (Å²) in [4.78, 5) is 22.6. The Kier molecular flexibility index (Phi) is 3.82. The molecule has 0 N–H and O–H groups in total. The number of anilines is 2. The number of methoxy groups -OCH3 is 1. The minimum absolute atomic E-state index is 0.739. The largest absolute Gasteiger partial charge is 0.494 e. The van der Waals surface area contributed by atoms with Crippen LogP contribution in [0.25, 0.3) is 21.4 Å². The van der Waals surface area contributed by atoms with Gasteiger partial charge in [-0.15, -0.1) is 0 Å². The number of imidazole rings is 1. The van der Waals surface area contributed by atoms with Crippen LogP contribution in [0, 0.1) is 0 Å². The fourth-order valence-corrected chi connectivity index (χ4v) is 4.56. The second kappa shape index (κ2) is 6.34. The van der Waals surface area contributed by atoms with Crippen LogP contribution in [0.4, 0.5) is 10.9 Å². The smallest absolute Gasteiger partial charge is 0.186 e. The van der Waals surface area contributed by atoms with Crippen molar-refractivity contribution >= 4 is 43.7 Å². The number of nitrogens with zero attached hydrogens (tertiary/aromatic N) is 7. The Balaban J connectivity index is 1.39. The van der Waals surface area contributed by atoms with Crippen molar-refractivity contribution in [3.63, 3.8) is 0 Å². The number of fused-ring (bicyclic) bond motifs is 2. The highest BCUT2D eigenvalue weighted by Gasteiger charge is 2.23. The number of hydrogen-bond acceptors (Lipinski definition) is 8. The molecule has 0 aliphatic carbocycles. The molecule has 4 heterocycles. The Labute approximate surface area is 160 Å². The third kappa shape index (κ3) is 2.66. The van der Waals surface area contributed by atoms with Gasteiger partial charge in [0.25, 0.3) is 0 Å². The predicted octanol–water partition coefficient (Wildman–Crippen LogP) is 2.31. The first-order chi connectivity index (χ1) is 13.2. The zero-order valence-corrected chi connectivity index (χ0v) is 16.0. The summed E-state index contributed by atoms with van der Waals surface area (Å²) < 4.78 is 8.58. The number of thiazole rings is 1. The number of ether oxygens (including phenoxy) is 1. The first-order valence-electron chi connectivity index (χ1n) is 8.80. The molecule has 0 saturated carbocycles. The topological polar surface area (TPSA) is 72.2 Å². The number of aryl methyl sites for hydroxylation is 1. The third-order valence-electron chi connectivity index (χ3n) is 4.93. The van der Waals surface area contributed by atoms with Crippen molar-refractivity contribution in [3.05, 3.63) is 30.9 Å². The first-order valence-corrected chi connectivity index (χ1v) is 9.61. The lowest BCUT2D eigenvalue weighted by Gasteiger charge is -2.35. The van der Waals surface area contributed by atoms with E-state index in [1.807, 2.05) is 23.7 Å². The zero-order valence-electron chi connectivity index (χ0n) is 15.2. The first kappa shape index (κ1) is 16.2. The van der Waals surface area contributed by atoms with Crippen LogP contribution in [0.1, 0.15) is 0 Å². The monoisotopic (exact) mass is 381 g/mol. The second-order valence-corrected chi connectivity index (χ2v) is 7.51. The number of piperazine rings is 1. The van der Waals surface area contributed by atoms with Gasteiger partial charge in [0.05, 0.1) is 18.1 Å². The third-order valence-corrected chi connectivity index (χ3v) is 6.01. The highest BCUT2D eigenvalue weighted by Crippen LogP contribution is 2.34. The van der Waals surface area contributed by atoms with E-state index in [4.69, 9.17) is 9.72 Å².